The van der Waals surface area contributed by atoms with E-state index in [-0.39, 0.29) is 24.2 Å². The maximum Gasteiger partial charge on any atom is 0.137 e. The van der Waals surface area contributed by atoms with Gasteiger partial charge in [-0.05, 0) is 11.8 Å². The van der Waals surface area contributed by atoms with Gasteiger partial charge >= 0.3 is 0 Å². The van der Waals surface area contributed by atoms with Crippen LogP contribution in [-0.4, -0.2) is 21.9 Å². The molecule has 0 bridgehead atoms. The van der Waals surface area contributed by atoms with E-state index in [9.17, 15) is 4.79 Å². The van der Waals surface area contributed by atoms with Crippen molar-refractivity contribution < 1.29 is 15.2 Å². The molecule has 0 aromatic rings. The van der Waals surface area contributed by atoms with E-state index in [1.54, 1.807) is 0 Å². The quantitative estimate of drug-likeness (QED) is 0.418. The number of hydrogen-bond donors (Lipinski definition) is 3. The molecule has 0 rings (SSSR count). The van der Waals surface area contributed by atoms with Gasteiger partial charge in [-0.1, -0.05) is 60.5 Å². The van der Waals surface area contributed by atoms with Crippen LogP contribution in [0, 0.1) is 23.7 Å². The van der Waals surface area contributed by atoms with E-state index in [0.717, 1.165) is 5.71 Å². The normalized spacial score (nSPS) is 9.30. The highest BCUT2D eigenvalue weighted by molar-refractivity contribution is 5.87. The number of nitrogens with two attached hydrogens (primary N) is 1. The summed E-state index contributed by atoms with van der Waals surface area (Å²) >= 11 is 0. The Hall–Kier alpha value is -0.650. The maximum atomic E-state index is 10.8. The lowest BCUT2D eigenvalue weighted by atomic mass is 9.98. The summed E-state index contributed by atoms with van der Waals surface area (Å²) in [5.74, 6) is 4.97. The largest absolute Gasteiger partial charge is 0.411 e. The summed E-state index contributed by atoms with van der Waals surface area (Å²) in [6.07, 6.45) is 0. The van der Waals surface area contributed by atoms with E-state index < -0.39 is 0 Å². The fourth-order valence-electron chi connectivity index (χ4n) is 1.56. The second kappa shape index (κ2) is 16.4. The number of nitrogens with zero attached hydrogens (tertiary/aromatic N) is 1. The van der Waals surface area contributed by atoms with Crippen LogP contribution in [0.15, 0.2) is 5.16 Å². The zero-order valence-electron chi connectivity index (χ0n) is 14.0. The fourth-order valence-corrected chi connectivity index (χ4v) is 1.56. The van der Waals surface area contributed by atoms with E-state index >= 15 is 0 Å². The predicted octanol–water partition coefficient (Wildman–Crippen LogP) is 3.75. The number of carbonyl (C=O) groups excluding carboxylic acids is 1. The van der Waals surface area contributed by atoms with Gasteiger partial charge in [0.05, 0.1) is 5.71 Å². The molecule has 0 spiro atoms. The third-order valence-corrected chi connectivity index (χ3v) is 2.44. The van der Waals surface area contributed by atoms with Gasteiger partial charge in [-0.25, -0.2) is 5.90 Å². The first-order chi connectivity index (χ1) is 8.64. The molecule has 0 radical (unpaired) electrons. The van der Waals surface area contributed by atoms with E-state index in [0.29, 0.717) is 17.6 Å². The first-order valence-electron chi connectivity index (χ1n) is 6.66. The highest BCUT2D eigenvalue weighted by atomic mass is 35.5. The van der Waals surface area contributed by atoms with Crippen LogP contribution in [0.3, 0.4) is 0 Å². The second-order valence-electron chi connectivity index (χ2n) is 5.55. The van der Waals surface area contributed by atoms with Crippen molar-refractivity contribution in [2.75, 3.05) is 0 Å². The average molecular weight is 313 g/mol. The number of carbonyl (C=O) groups is 1. The molecular weight excluding hydrogens is 280 g/mol. The maximum absolute atomic E-state index is 10.8. The highest BCUT2D eigenvalue weighted by Crippen LogP contribution is 2.06. The summed E-state index contributed by atoms with van der Waals surface area (Å²) in [5, 5.41) is 18.2. The molecule has 0 fully saturated rings. The van der Waals surface area contributed by atoms with E-state index in [1.165, 1.54) is 0 Å². The molecule has 0 aliphatic rings. The SMILES string of the molecule is CC(C)C(=NO)C(C)C.CC(C)C(=O)C(C)C.Cl.NO. The van der Waals surface area contributed by atoms with Crippen molar-refractivity contribution in [1.29, 1.82) is 0 Å². The molecule has 0 atom stereocenters. The first kappa shape index (κ1) is 27.7. The Labute approximate surface area is 130 Å². The van der Waals surface area contributed by atoms with Crippen molar-refractivity contribution in [3.8, 4) is 0 Å². The van der Waals surface area contributed by atoms with Gasteiger partial charge in [0.25, 0.3) is 0 Å². The molecule has 0 saturated heterocycles. The number of oxime groups is 1. The molecule has 0 amide bonds. The summed E-state index contributed by atoms with van der Waals surface area (Å²) in [6.45, 7) is 15.8. The van der Waals surface area contributed by atoms with Crippen molar-refractivity contribution in [1.82, 2.24) is 0 Å². The third kappa shape index (κ3) is 15.4. The molecule has 20 heavy (non-hydrogen) atoms. The number of Topliss-reactive ketones (excluding diaryl/α,β-unsaturated/α-hetero) is 1. The standard InChI is InChI=1S/C7H15NO.C7H14O.ClH.H3NO/c1-5(2)7(8-9)6(3)4;1-5(2)7(8)6(3)4;;1-2/h5-6,9H,1-4H3;5-6H,1-4H3;1H;2H,1H2. The molecule has 0 saturated carbocycles. The zero-order valence-corrected chi connectivity index (χ0v) is 14.9. The van der Waals surface area contributed by atoms with E-state index in [1.807, 2.05) is 55.4 Å². The highest BCUT2D eigenvalue weighted by Gasteiger charge is 2.10. The smallest absolute Gasteiger partial charge is 0.137 e. The van der Waals surface area contributed by atoms with Crippen molar-refractivity contribution in [3.05, 3.63) is 0 Å². The second-order valence-corrected chi connectivity index (χ2v) is 5.55. The molecule has 0 aliphatic carbocycles. The Morgan fingerprint density at radius 2 is 1.05 bits per heavy atom. The first-order valence-corrected chi connectivity index (χ1v) is 6.66. The summed E-state index contributed by atoms with van der Waals surface area (Å²) < 4.78 is 0. The lowest BCUT2D eigenvalue weighted by molar-refractivity contribution is -0.124. The molecule has 124 valence electrons. The average Bonchev–Trinajstić information content (AvgIpc) is 2.31. The van der Waals surface area contributed by atoms with Crippen LogP contribution in [0.25, 0.3) is 0 Å². The van der Waals surface area contributed by atoms with Crippen molar-refractivity contribution in [2.24, 2.45) is 34.7 Å². The Morgan fingerprint density at radius 3 is 1.05 bits per heavy atom. The minimum atomic E-state index is 0. The van der Waals surface area contributed by atoms with E-state index in [2.05, 4.69) is 11.1 Å². The minimum absolute atomic E-state index is 0. The lowest BCUT2D eigenvalue weighted by Crippen LogP contribution is -2.14. The Kier molecular flexibility index (Phi) is 22.7. The van der Waals surface area contributed by atoms with Crippen LogP contribution in [0.1, 0.15) is 55.4 Å². The van der Waals surface area contributed by atoms with Gasteiger partial charge in [0, 0.05) is 11.8 Å². The van der Waals surface area contributed by atoms with Gasteiger partial charge in [-0.2, -0.15) is 0 Å². The summed E-state index contributed by atoms with van der Waals surface area (Å²) in [7, 11) is 0. The molecule has 0 aromatic heterocycles. The van der Waals surface area contributed by atoms with Crippen LogP contribution in [0.4, 0.5) is 0 Å². The summed E-state index contributed by atoms with van der Waals surface area (Å²) in [5.41, 5.74) is 0.870. The van der Waals surface area contributed by atoms with Gasteiger partial charge in [0.15, 0.2) is 0 Å². The number of rotatable bonds is 4. The fraction of sp³-hybridized carbons (Fsp3) is 0.857. The molecule has 6 heteroatoms. The number of ketones is 1. The van der Waals surface area contributed by atoms with Gasteiger partial charge < -0.3 is 10.4 Å². The number of hydrogen-bond acceptors (Lipinski definition) is 5. The molecule has 0 unspecified atom stereocenters. The molecular formula is C14H33ClN2O3. The van der Waals surface area contributed by atoms with Crippen LogP contribution in [0.2, 0.25) is 0 Å². The van der Waals surface area contributed by atoms with Crippen molar-refractivity contribution in [2.45, 2.75) is 55.4 Å². The van der Waals surface area contributed by atoms with Gasteiger partial charge in [-0.15, -0.1) is 12.4 Å². The van der Waals surface area contributed by atoms with Crippen LogP contribution < -0.4 is 5.90 Å². The molecule has 0 heterocycles. The monoisotopic (exact) mass is 312 g/mol. The van der Waals surface area contributed by atoms with Gasteiger partial charge in [-0.3, -0.25) is 4.79 Å². The molecule has 4 N–H and O–H groups in total. The molecule has 0 aromatic carbocycles. The van der Waals surface area contributed by atoms with Crippen molar-refractivity contribution >= 4 is 23.9 Å². The van der Waals surface area contributed by atoms with Crippen LogP contribution in [-0.2, 0) is 4.79 Å². The van der Waals surface area contributed by atoms with Crippen LogP contribution in [0.5, 0.6) is 0 Å². The topological polar surface area (TPSA) is 95.9 Å². The van der Waals surface area contributed by atoms with E-state index in [4.69, 9.17) is 10.4 Å². The molecule has 5 nitrogen and oxygen atoms in total. The predicted molar refractivity (Wildman–Crippen MR) is 86.8 cm³/mol. The van der Waals surface area contributed by atoms with Gasteiger partial charge in [0.1, 0.15) is 5.78 Å². The van der Waals surface area contributed by atoms with Gasteiger partial charge in [0.2, 0.25) is 0 Å². The lowest BCUT2D eigenvalue weighted by Gasteiger charge is -2.09. The van der Waals surface area contributed by atoms with Crippen molar-refractivity contribution in [3.63, 3.8) is 0 Å². The third-order valence-electron chi connectivity index (χ3n) is 2.44. The Morgan fingerprint density at radius 1 is 0.800 bits per heavy atom. The number of halogens is 1. The summed E-state index contributed by atoms with van der Waals surface area (Å²) in [4.78, 5) is 10.8. The Balaban J connectivity index is -0.000000109. The molecule has 0 aliphatic heterocycles. The minimum Gasteiger partial charge on any atom is -0.411 e. The zero-order chi connectivity index (χ0) is 16.2. The Bertz CT molecular complexity index is 233. The summed E-state index contributed by atoms with van der Waals surface area (Å²) in [6, 6.07) is 0. The van der Waals surface area contributed by atoms with Crippen LogP contribution >= 0.6 is 12.4 Å².